The summed E-state index contributed by atoms with van der Waals surface area (Å²) in [5.74, 6) is 0. The number of nitrogens with two attached hydrogens (primary N) is 1. The van der Waals surface area contributed by atoms with Gasteiger partial charge in [0.15, 0.2) is 0 Å². The minimum Gasteiger partial charge on any atom is -0.389 e. The maximum Gasteiger partial charge on any atom is 0.114 e. The number of hydrogen-bond acceptors (Lipinski definition) is 3. The second-order valence-corrected chi connectivity index (χ2v) is 6.85. The summed E-state index contributed by atoms with van der Waals surface area (Å²) in [7, 11) is 0. The SMILES string of the molecule is CC(C)(C)c1nc(-c2ccccc2Br)c(N)s1. The number of hydrogen-bond donors (Lipinski definition) is 1. The first-order valence-electron chi connectivity index (χ1n) is 5.41. The average molecular weight is 311 g/mol. The fourth-order valence-corrected chi connectivity index (χ4v) is 2.88. The number of aromatic nitrogens is 1. The Balaban J connectivity index is 2.55. The molecule has 1 heterocycles. The van der Waals surface area contributed by atoms with Crippen LogP contribution in [0.25, 0.3) is 11.3 Å². The summed E-state index contributed by atoms with van der Waals surface area (Å²) in [5, 5.41) is 1.85. The minimum absolute atomic E-state index is 0.0400. The Morgan fingerprint density at radius 3 is 2.41 bits per heavy atom. The van der Waals surface area contributed by atoms with E-state index < -0.39 is 0 Å². The van der Waals surface area contributed by atoms with Gasteiger partial charge in [0.1, 0.15) is 15.7 Å². The highest BCUT2D eigenvalue weighted by Gasteiger charge is 2.21. The lowest BCUT2D eigenvalue weighted by Gasteiger charge is -2.13. The zero-order valence-electron chi connectivity index (χ0n) is 10.1. The molecule has 0 aliphatic carbocycles. The number of benzene rings is 1. The maximum atomic E-state index is 6.07. The van der Waals surface area contributed by atoms with Gasteiger partial charge in [-0.25, -0.2) is 4.98 Å². The minimum atomic E-state index is 0.0400. The third kappa shape index (κ3) is 2.53. The van der Waals surface area contributed by atoms with E-state index in [-0.39, 0.29) is 5.41 Å². The van der Waals surface area contributed by atoms with Crippen LogP contribution in [-0.4, -0.2) is 4.98 Å². The first-order valence-corrected chi connectivity index (χ1v) is 7.02. The molecule has 4 heteroatoms. The number of nitrogen functional groups attached to an aromatic ring is 1. The zero-order chi connectivity index (χ0) is 12.6. The molecule has 2 aromatic rings. The summed E-state index contributed by atoms with van der Waals surface area (Å²) in [6.07, 6.45) is 0. The highest BCUT2D eigenvalue weighted by molar-refractivity contribution is 9.10. The van der Waals surface area contributed by atoms with Gasteiger partial charge in [-0.3, -0.25) is 0 Å². The quantitative estimate of drug-likeness (QED) is 0.845. The number of anilines is 1. The summed E-state index contributed by atoms with van der Waals surface area (Å²) in [6, 6.07) is 8.02. The van der Waals surface area contributed by atoms with Crippen LogP contribution >= 0.6 is 27.3 Å². The van der Waals surface area contributed by atoms with Crippen molar-refractivity contribution in [3.8, 4) is 11.3 Å². The molecule has 1 aromatic heterocycles. The number of halogens is 1. The molecule has 2 rings (SSSR count). The van der Waals surface area contributed by atoms with Gasteiger partial charge < -0.3 is 5.73 Å². The molecule has 0 amide bonds. The van der Waals surface area contributed by atoms with Gasteiger partial charge in [-0.15, -0.1) is 11.3 Å². The molecular weight excluding hydrogens is 296 g/mol. The molecule has 0 atom stereocenters. The van der Waals surface area contributed by atoms with E-state index in [1.54, 1.807) is 11.3 Å². The van der Waals surface area contributed by atoms with Gasteiger partial charge in [-0.05, 0) is 6.07 Å². The van der Waals surface area contributed by atoms with Gasteiger partial charge >= 0.3 is 0 Å². The number of nitrogens with zero attached hydrogens (tertiary/aromatic N) is 1. The van der Waals surface area contributed by atoms with Crippen molar-refractivity contribution < 1.29 is 0 Å². The summed E-state index contributed by atoms with van der Waals surface area (Å²) >= 11 is 5.11. The number of rotatable bonds is 1. The van der Waals surface area contributed by atoms with E-state index in [0.29, 0.717) is 0 Å². The highest BCUT2D eigenvalue weighted by atomic mass is 79.9. The van der Waals surface area contributed by atoms with Crippen LogP contribution in [0.2, 0.25) is 0 Å². The number of thiazole rings is 1. The van der Waals surface area contributed by atoms with Gasteiger partial charge in [-0.1, -0.05) is 54.9 Å². The van der Waals surface area contributed by atoms with E-state index in [0.717, 1.165) is 25.7 Å². The molecule has 90 valence electrons. The third-order valence-electron chi connectivity index (χ3n) is 2.42. The molecule has 0 saturated carbocycles. The Morgan fingerprint density at radius 2 is 1.88 bits per heavy atom. The first kappa shape index (κ1) is 12.6. The first-order chi connectivity index (χ1) is 7.89. The van der Waals surface area contributed by atoms with Crippen LogP contribution in [0.15, 0.2) is 28.7 Å². The van der Waals surface area contributed by atoms with E-state index in [1.165, 1.54) is 0 Å². The second kappa shape index (κ2) is 4.42. The third-order valence-corrected chi connectivity index (χ3v) is 4.43. The van der Waals surface area contributed by atoms with Gasteiger partial charge in [-0.2, -0.15) is 0 Å². The fraction of sp³-hybridized carbons (Fsp3) is 0.308. The lowest BCUT2D eigenvalue weighted by Crippen LogP contribution is -2.10. The second-order valence-electron chi connectivity index (χ2n) is 4.96. The predicted octanol–water partition coefficient (Wildman–Crippen LogP) is 4.45. The molecule has 0 aliphatic heterocycles. The van der Waals surface area contributed by atoms with Crippen LogP contribution in [0.5, 0.6) is 0 Å². The monoisotopic (exact) mass is 310 g/mol. The topological polar surface area (TPSA) is 38.9 Å². The lowest BCUT2D eigenvalue weighted by molar-refractivity contribution is 0.586. The largest absolute Gasteiger partial charge is 0.389 e. The van der Waals surface area contributed by atoms with Crippen LogP contribution in [0.1, 0.15) is 25.8 Å². The van der Waals surface area contributed by atoms with Crippen molar-refractivity contribution in [2.75, 3.05) is 5.73 Å². The van der Waals surface area contributed by atoms with Crippen molar-refractivity contribution >= 4 is 32.3 Å². The van der Waals surface area contributed by atoms with E-state index in [9.17, 15) is 0 Å². The van der Waals surface area contributed by atoms with Crippen molar-refractivity contribution in [1.29, 1.82) is 0 Å². The van der Waals surface area contributed by atoms with Crippen LogP contribution in [0, 0.1) is 0 Å². The molecule has 17 heavy (non-hydrogen) atoms. The summed E-state index contributed by atoms with van der Waals surface area (Å²) < 4.78 is 1.03. The van der Waals surface area contributed by atoms with Gasteiger partial charge in [0, 0.05) is 15.5 Å². The lowest BCUT2D eigenvalue weighted by atomic mass is 9.98. The molecule has 2 N–H and O–H groups in total. The molecule has 0 unspecified atom stereocenters. The summed E-state index contributed by atoms with van der Waals surface area (Å²) in [4.78, 5) is 4.68. The van der Waals surface area contributed by atoms with Gasteiger partial charge in [0.25, 0.3) is 0 Å². The molecule has 2 nitrogen and oxygen atoms in total. The maximum absolute atomic E-state index is 6.07. The average Bonchev–Trinajstić information content (AvgIpc) is 2.61. The van der Waals surface area contributed by atoms with Crippen LogP contribution in [0.4, 0.5) is 5.00 Å². The van der Waals surface area contributed by atoms with Crippen LogP contribution in [-0.2, 0) is 5.41 Å². The van der Waals surface area contributed by atoms with E-state index in [4.69, 9.17) is 5.73 Å². The molecule has 0 aliphatic rings. The van der Waals surface area contributed by atoms with Crippen molar-refractivity contribution in [2.24, 2.45) is 0 Å². The molecular formula is C13H15BrN2S. The Hall–Kier alpha value is -0.870. The predicted molar refractivity (Wildman–Crippen MR) is 78.4 cm³/mol. The van der Waals surface area contributed by atoms with Crippen molar-refractivity contribution in [1.82, 2.24) is 4.98 Å². The van der Waals surface area contributed by atoms with Crippen LogP contribution in [0.3, 0.4) is 0 Å². The molecule has 0 radical (unpaired) electrons. The molecule has 0 spiro atoms. The molecule has 0 bridgehead atoms. The van der Waals surface area contributed by atoms with Crippen molar-refractivity contribution in [3.05, 3.63) is 33.7 Å². The zero-order valence-corrected chi connectivity index (χ0v) is 12.5. The molecule has 0 fully saturated rings. The Kier molecular flexibility index (Phi) is 3.27. The van der Waals surface area contributed by atoms with Crippen LogP contribution < -0.4 is 5.73 Å². The molecule has 1 aromatic carbocycles. The van der Waals surface area contributed by atoms with E-state index >= 15 is 0 Å². The Bertz CT molecular complexity index is 541. The Labute approximate surface area is 114 Å². The normalized spacial score (nSPS) is 11.8. The summed E-state index contributed by atoms with van der Waals surface area (Å²) in [5.41, 5.74) is 8.05. The standard InChI is InChI=1S/C13H15BrN2S/c1-13(2,3)12-16-10(11(15)17-12)8-6-4-5-7-9(8)14/h4-7H,15H2,1-3H3. The Morgan fingerprint density at radius 1 is 1.24 bits per heavy atom. The van der Waals surface area contributed by atoms with Crippen molar-refractivity contribution in [2.45, 2.75) is 26.2 Å². The summed E-state index contributed by atoms with van der Waals surface area (Å²) in [6.45, 7) is 6.44. The van der Waals surface area contributed by atoms with E-state index in [1.807, 2.05) is 24.3 Å². The van der Waals surface area contributed by atoms with E-state index in [2.05, 4.69) is 41.7 Å². The van der Waals surface area contributed by atoms with Gasteiger partial charge in [0.05, 0.1) is 0 Å². The fourth-order valence-electron chi connectivity index (χ4n) is 1.50. The van der Waals surface area contributed by atoms with Gasteiger partial charge in [0.2, 0.25) is 0 Å². The smallest absolute Gasteiger partial charge is 0.114 e. The molecule has 0 saturated heterocycles. The van der Waals surface area contributed by atoms with Crippen molar-refractivity contribution in [3.63, 3.8) is 0 Å². The highest BCUT2D eigenvalue weighted by Crippen LogP contribution is 2.38.